The number of fused-ring (bicyclic) bond motifs is 1. The number of ether oxygens (including phenoxy) is 1. The number of hydrogen-bond acceptors (Lipinski definition) is 2. The van der Waals surface area contributed by atoms with Gasteiger partial charge in [-0.1, -0.05) is 18.6 Å². The van der Waals surface area contributed by atoms with Crippen LogP contribution in [0.2, 0.25) is 0 Å². The summed E-state index contributed by atoms with van der Waals surface area (Å²) in [7, 11) is 0. The Balaban J connectivity index is 2.08. The summed E-state index contributed by atoms with van der Waals surface area (Å²) in [5.41, 5.74) is 3.01. The van der Waals surface area contributed by atoms with Gasteiger partial charge in [-0.05, 0) is 63.4 Å². The summed E-state index contributed by atoms with van der Waals surface area (Å²) in [5, 5.41) is 0. The highest BCUT2D eigenvalue weighted by Gasteiger charge is 2.63. The average molecular weight is 262 g/mol. The van der Waals surface area contributed by atoms with Crippen LogP contribution in [0.1, 0.15) is 60.3 Å². The molecule has 2 heteroatoms. The molecule has 0 aliphatic heterocycles. The molecule has 0 aromatic heterocycles. The second-order valence-corrected chi connectivity index (χ2v) is 6.69. The van der Waals surface area contributed by atoms with Gasteiger partial charge >= 0.3 is 5.97 Å². The molecule has 2 aliphatic rings. The van der Waals surface area contributed by atoms with E-state index in [1.165, 1.54) is 30.9 Å². The Morgan fingerprint density at radius 3 is 2.68 bits per heavy atom. The van der Waals surface area contributed by atoms with Gasteiger partial charge in [-0.2, -0.15) is 0 Å². The van der Waals surface area contributed by atoms with Gasteiger partial charge in [-0.15, -0.1) is 0 Å². The molecule has 106 valence electrons. The smallest absolute Gasteiger partial charge is 0.307 e. The highest BCUT2D eigenvalue weighted by Crippen LogP contribution is 2.69. The van der Waals surface area contributed by atoms with Crippen LogP contribution in [-0.2, 0) is 9.53 Å². The van der Waals surface area contributed by atoms with Crippen molar-refractivity contribution in [3.63, 3.8) is 0 Å². The zero-order valence-electron chi connectivity index (χ0n) is 12.9. The van der Waals surface area contributed by atoms with Gasteiger partial charge in [0.25, 0.3) is 0 Å². The zero-order valence-corrected chi connectivity index (χ0v) is 12.9. The molecule has 3 atom stereocenters. The summed E-state index contributed by atoms with van der Waals surface area (Å²) in [5.74, 6) is 2.02. The van der Waals surface area contributed by atoms with E-state index < -0.39 is 0 Å². The van der Waals surface area contributed by atoms with Crippen LogP contribution in [0.3, 0.4) is 0 Å². The minimum absolute atomic E-state index is 0.173. The van der Waals surface area contributed by atoms with Gasteiger partial charge in [0.15, 0.2) is 0 Å². The molecule has 0 saturated heterocycles. The maximum atomic E-state index is 11.3. The number of carbonyl (C=O) groups excluding carboxylic acids is 1. The molecule has 2 aliphatic carbocycles. The van der Waals surface area contributed by atoms with Crippen molar-refractivity contribution in [2.24, 2.45) is 17.3 Å². The second kappa shape index (κ2) is 5.15. The van der Waals surface area contributed by atoms with Gasteiger partial charge in [0, 0.05) is 12.8 Å². The summed E-state index contributed by atoms with van der Waals surface area (Å²) >= 11 is 0. The normalized spacial score (nSPS) is 32.7. The maximum Gasteiger partial charge on any atom is 0.307 e. The fraction of sp³-hybridized carbons (Fsp3) is 0.706. The second-order valence-electron chi connectivity index (χ2n) is 6.69. The third-order valence-corrected chi connectivity index (χ3v) is 4.87. The molecule has 0 aromatic rings. The van der Waals surface area contributed by atoms with Gasteiger partial charge in [0.2, 0.25) is 0 Å². The SMILES string of the molecule is CC(=O)OC1=C(C)CC[C@@H]2[C@H]1[C@]2(C)CCC=C(C)C. The van der Waals surface area contributed by atoms with Crippen molar-refractivity contribution in [1.29, 1.82) is 0 Å². The molecule has 19 heavy (non-hydrogen) atoms. The van der Waals surface area contributed by atoms with Crippen molar-refractivity contribution in [1.82, 2.24) is 0 Å². The van der Waals surface area contributed by atoms with E-state index in [1.807, 2.05) is 0 Å². The highest BCUT2D eigenvalue weighted by molar-refractivity contribution is 5.67. The molecule has 1 saturated carbocycles. The fourth-order valence-corrected chi connectivity index (χ4v) is 3.72. The van der Waals surface area contributed by atoms with Crippen LogP contribution in [0.4, 0.5) is 0 Å². The Labute approximate surface area is 116 Å². The van der Waals surface area contributed by atoms with Crippen LogP contribution in [0, 0.1) is 17.3 Å². The monoisotopic (exact) mass is 262 g/mol. The molecular weight excluding hydrogens is 236 g/mol. The topological polar surface area (TPSA) is 26.3 Å². The molecule has 0 amide bonds. The number of allylic oxidation sites excluding steroid dienone is 4. The third kappa shape index (κ3) is 2.77. The van der Waals surface area contributed by atoms with Gasteiger partial charge in [0.05, 0.1) is 0 Å². The Kier molecular flexibility index (Phi) is 3.89. The minimum Gasteiger partial charge on any atom is -0.431 e. The first-order valence-corrected chi connectivity index (χ1v) is 7.37. The minimum atomic E-state index is -0.173. The molecule has 0 spiro atoms. The highest BCUT2D eigenvalue weighted by atomic mass is 16.5. The summed E-state index contributed by atoms with van der Waals surface area (Å²) < 4.78 is 5.51. The van der Waals surface area contributed by atoms with E-state index in [2.05, 4.69) is 33.8 Å². The van der Waals surface area contributed by atoms with Crippen molar-refractivity contribution < 1.29 is 9.53 Å². The first kappa shape index (κ1) is 14.4. The van der Waals surface area contributed by atoms with Crippen LogP contribution >= 0.6 is 0 Å². The maximum absolute atomic E-state index is 11.3. The fourth-order valence-electron chi connectivity index (χ4n) is 3.72. The molecule has 0 radical (unpaired) electrons. The summed E-state index contributed by atoms with van der Waals surface area (Å²) in [6, 6.07) is 0. The molecule has 1 fully saturated rings. The Hall–Kier alpha value is -1.05. The molecular formula is C17H26O2. The quantitative estimate of drug-likeness (QED) is 0.546. The largest absolute Gasteiger partial charge is 0.431 e. The summed E-state index contributed by atoms with van der Waals surface area (Å²) in [6.45, 7) is 10.3. The van der Waals surface area contributed by atoms with Crippen molar-refractivity contribution >= 4 is 5.97 Å². The van der Waals surface area contributed by atoms with Crippen LogP contribution in [0.5, 0.6) is 0 Å². The average Bonchev–Trinajstić information content (AvgIpc) is 2.87. The standard InChI is InChI=1S/C17H26O2/c1-11(2)7-6-10-17(5)14-9-8-12(3)16(15(14)17)19-13(4)18/h7,14-15H,6,8-10H2,1-5H3/t14-,15-,17-/m1/s1. The van der Waals surface area contributed by atoms with Crippen LogP contribution in [0.25, 0.3) is 0 Å². The molecule has 2 rings (SSSR count). The molecule has 0 N–H and O–H groups in total. The number of esters is 1. The van der Waals surface area contributed by atoms with Crippen molar-refractivity contribution in [3.8, 4) is 0 Å². The lowest BCUT2D eigenvalue weighted by Crippen LogP contribution is -2.09. The van der Waals surface area contributed by atoms with Crippen LogP contribution in [0.15, 0.2) is 23.0 Å². The molecule has 2 nitrogen and oxygen atoms in total. The van der Waals surface area contributed by atoms with E-state index in [0.717, 1.165) is 24.5 Å². The van der Waals surface area contributed by atoms with Gasteiger partial charge in [0.1, 0.15) is 5.76 Å². The number of rotatable bonds is 4. The zero-order chi connectivity index (χ0) is 14.2. The Bertz CT molecular complexity index is 440. The van der Waals surface area contributed by atoms with E-state index in [-0.39, 0.29) is 5.97 Å². The lowest BCUT2D eigenvalue weighted by Gasteiger charge is -2.16. The Morgan fingerprint density at radius 2 is 2.11 bits per heavy atom. The Morgan fingerprint density at radius 1 is 1.42 bits per heavy atom. The van der Waals surface area contributed by atoms with E-state index in [9.17, 15) is 4.79 Å². The number of carbonyl (C=O) groups is 1. The lowest BCUT2D eigenvalue weighted by molar-refractivity contribution is -0.137. The third-order valence-electron chi connectivity index (χ3n) is 4.87. The first-order chi connectivity index (χ1) is 8.86. The van der Waals surface area contributed by atoms with E-state index >= 15 is 0 Å². The van der Waals surface area contributed by atoms with E-state index in [1.54, 1.807) is 0 Å². The lowest BCUT2D eigenvalue weighted by atomic mass is 9.96. The van der Waals surface area contributed by atoms with Gasteiger partial charge in [-0.3, -0.25) is 4.79 Å². The van der Waals surface area contributed by atoms with Crippen molar-refractivity contribution in [2.75, 3.05) is 0 Å². The van der Waals surface area contributed by atoms with Crippen molar-refractivity contribution in [3.05, 3.63) is 23.0 Å². The van der Waals surface area contributed by atoms with Crippen LogP contribution < -0.4 is 0 Å². The van der Waals surface area contributed by atoms with Gasteiger partial charge < -0.3 is 4.74 Å². The van der Waals surface area contributed by atoms with Crippen LogP contribution in [-0.4, -0.2) is 5.97 Å². The first-order valence-electron chi connectivity index (χ1n) is 7.37. The predicted octanol–water partition coefficient (Wildman–Crippen LogP) is 4.62. The number of hydrogen-bond donors (Lipinski definition) is 0. The molecule has 0 unspecified atom stereocenters. The van der Waals surface area contributed by atoms with E-state index in [4.69, 9.17) is 4.74 Å². The van der Waals surface area contributed by atoms with Gasteiger partial charge in [-0.25, -0.2) is 0 Å². The predicted molar refractivity (Wildman–Crippen MR) is 77.5 cm³/mol. The summed E-state index contributed by atoms with van der Waals surface area (Å²) in [6.07, 6.45) is 7.00. The molecule has 0 aromatic carbocycles. The van der Waals surface area contributed by atoms with Crippen molar-refractivity contribution in [2.45, 2.75) is 60.3 Å². The molecule has 0 heterocycles. The molecule has 0 bridgehead atoms. The van der Waals surface area contributed by atoms with E-state index in [0.29, 0.717) is 11.3 Å². The summed E-state index contributed by atoms with van der Waals surface area (Å²) in [4.78, 5) is 11.3.